The van der Waals surface area contributed by atoms with Crippen LogP contribution in [0.4, 0.5) is 14.5 Å². The van der Waals surface area contributed by atoms with Crippen molar-refractivity contribution in [2.24, 2.45) is 7.05 Å². The first-order chi connectivity index (χ1) is 8.08. The number of aromatic nitrogens is 3. The summed E-state index contributed by atoms with van der Waals surface area (Å²) in [7, 11) is 1.83. The summed E-state index contributed by atoms with van der Waals surface area (Å²) in [6, 6.07) is 3.39. The molecule has 2 rings (SSSR count). The fourth-order valence-corrected chi connectivity index (χ4v) is 1.41. The lowest BCUT2D eigenvalue weighted by molar-refractivity contribution is 0.584. The highest BCUT2D eigenvalue weighted by atomic mass is 19.1. The number of aryl methyl sites for hydroxylation is 1. The standard InChI is InChI=1S/C11H12F2N4/c1-7-15-16-11(17(7)2)6-14-10-4-3-8(12)5-9(10)13/h3-5,14H,6H2,1-2H3. The molecule has 0 aliphatic carbocycles. The van der Waals surface area contributed by atoms with Gasteiger partial charge in [-0.3, -0.25) is 0 Å². The van der Waals surface area contributed by atoms with Gasteiger partial charge < -0.3 is 9.88 Å². The molecule has 0 amide bonds. The van der Waals surface area contributed by atoms with Crippen molar-refractivity contribution in [3.8, 4) is 0 Å². The third-order valence-electron chi connectivity index (χ3n) is 2.55. The van der Waals surface area contributed by atoms with Crippen LogP contribution in [-0.2, 0) is 13.6 Å². The Morgan fingerprint density at radius 3 is 2.65 bits per heavy atom. The molecule has 1 N–H and O–H groups in total. The second kappa shape index (κ2) is 4.48. The van der Waals surface area contributed by atoms with Gasteiger partial charge in [0, 0.05) is 13.1 Å². The van der Waals surface area contributed by atoms with Crippen LogP contribution in [0.25, 0.3) is 0 Å². The van der Waals surface area contributed by atoms with E-state index in [1.807, 2.05) is 14.0 Å². The van der Waals surface area contributed by atoms with E-state index in [2.05, 4.69) is 15.5 Å². The van der Waals surface area contributed by atoms with Gasteiger partial charge in [0.15, 0.2) is 5.82 Å². The molecule has 0 saturated carbocycles. The van der Waals surface area contributed by atoms with Crippen LogP contribution < -0.4 is 5.32 Å². The van der Waals surface area contributed by atoms with E-state index in [4.69, 9.17) is 0 Å². The summed E-state index contributed by atoms with van der Waals surface area (Å²) < 4.78 is 27.8. The van der Waals surface area contributed by atoms with Gasteiger partial charge in [-0.05, 0) is 19.1 Å². The van der Waals surface area contributed by atoms with Gasteiger partial charge >= 0.3 is 0 Å². The van der Waals surface area contributed by atoms with Crippen molar-refractivity contribution < 1.29 is 8.78 Å². The highest BCUT2D eigenvalue weighted by molar-refractivity contribution is 5.44. The largest absolute Gasteiger partial charge is 0.375 e. The van der Waals surface area contributed by atoms with E-state index in [9.17, 15) is 8.78 Å². The average molecular weight is 238 g/mol. The molecule has 0 aliphatic rings. The smallest absolute Gasteiger partial charge is 0.152 e. The van der Waals surface area contributed by atoms with Crippen LogP contribution in [0.15, 0.2) is 18.2 Å². The maximum Gasteiger partial charge on any atom is 0.152 e. The molecule has 0 atom stereocenters. The Kier molecular flexibility index (Phi) is 3.03. The molecule has 17 heavy (non-hydrogen) atoms. The van der Waals surface area contributed by atoms with Gasteiger partial charge in [0.1, 0.15) is 17.5 Å². The Labute approximate surface area is 97.3 Å². The predicted octanol–water partition coefficient (Wildman–Crippen LogP) is 2.01. The summed E-state index contributed by atoms with van der Waals surface area (Å²) >= 11 is 0. The molecular weight excluding hydrogens is 226 g/mol. The molecule has 0 spiro atoms. The van der Waals surface area contributed by atoms with Crippen molar-refractivity contribution in [3.63, 3.8) is 0 Å². The van der Waals surface area contributed by atoms with E-state index in [0.717, 1.165) is 11.9 Å². The van der Waals surface area contributed by atoms with Crippen LogP contribution in [0.3, 0.4) is 0 Å². The topological polar surface area (TPSA) is 42.7 Å². The van der Waals surface area contributed by atoms with Crippen molar-refractivity contribution in [2.45, 2.75) is 13.5 Å². The maximum absolute atomic E-state index is 13.3. The first kappa shape index (κ1) is 11.5. The van der Waals surface area contributed by atoms with Gasteiger partial charge in [0.05, 0.1) is 12.2 Å². The number of nitrogens with one attached hydrogen (secondary N) is 1. The zero-order chi connectivity index (χ0) is 12.4. The molecule has 1 heterocycles. The Hall–Kier alpha value is -1.98. The summed E-state index contributed by atoms with van der Waals surface area (Å²) in [5.74, 6) is 0.249. The minimum absolute atomic E-state index is 0.243. The summed E-state index contributed by atoms with van der Waals surface area (Å²) in [5, 5.41) is 10.7. The minimum atomic E-state index is -0.621. The van der Waals surface area contributed by atoms with Gasteiger partial charge in [-0.1, -0.05) is 0 Å². The molecule has 0 unspecified atom stereocenters. The van der Waals surface area contributed by atoms with Gasteiger partial charge in [0.2, 0.25) is 0 Å². The van der Waals surface area contributed by atoms with Crippen LogP contribution in [0.5, 0.6) is 0 Å². The van der Waals surface area contributed by atoms with Crippen molar-refractivity contribution in [1.82, 2.24) is 14.8 Å². The molecule has 1 aromatic heterocycles. The van der Waals surface area contributed by atoms with E-state index < -0.39 is 11.6 Å². The van der Waals surface area contributed by atoms with E-state index >= 15 is 0 Å². The number of hydrogen-bond donors (Lipinski definition) is 1. The monoisotopic (exact) mass is 238 g/mol. The number of hydrogen-bond acceptors (Lipinski definition) is 3. The van der Waals surface area contributed by atoms with Crippen molar-refractivity contribution in [3.05, 3.63) is 41.5 Å². The molecular formula is C11H12F2N4. The van der Waals surface area contributed by atoms with Crippen molar-refractivity contribution in [1.29, 1.82) is 0 Å². The Balaban J connectivity index is 2.10. The minimum Gasteiger partial charge on any atom is -0.375 e. The van der Waals surface area contributed by atoms with E-state index in [0.29, 0.717) is 12.4 Å². The number of nitrogens with zero attached hydrogens (tertiary/aromatic N) is 3. The third-order valence-corrected chi connectivity index (χ3v) is 2.55. The fourth-order valence-electron chi connectivity index (χ4n) is 1.41. The van der Waals surface area contributed by atoms with Gasteiger partial charge in [-0.25, -0.2) is 8.78 Å². The number of anilines is 1. The number of halogens is 2. The molecule has 4 nitrogen and oxygen atoms in total. The summed E-state index contributed by atoms with van der Waals surface area (Å²) in [4.78, 5) is 0. The molecule has 1 aromatic carbocycles. The Morgan fingerprint density at radius 1 is 1.29 bits per heavy atom. The van der Waals surface area contributed by atoms with Crippen molar-refractivity contribution >= 4 is 5.69 Å². The Bertz CT molecular complexity index is 536. The number of benzene rings is 1. The molecule has 2 aromatic rings. The number of rotatable bonds is 3. The lowest BCUT2D eigenvalue weighted by Gasteiger charge is -2.07. The van der Waals surface area contributed by atoms with E-state index in [1.54, 1.807) is 4.57 Å². The second-order valence-electron chi connectivity index (χ2n) is 3.70. The molecule has 0 fully saturated rings. The highest BCUT2D eigenvalue weighted by Crippen LogP contribution is 2.15. The van der Waals surface area contributed by atoms with Gasteiger partial charge in [-0.15, -0.1) is 10.2 Å². The van der Waals surface area contributed by atoms with Gasteiger partial charge in [-0.2, -0.15) is 0 Å². The molecule has 6 heteroatoms. The predicted molar refractivity (Wildman–Crippen MR) is 59.4 cm³/mol. The van der Waals surface area contributed by atoms with Crippen LogP contribution in [0.1, 0.15) is 11.6 Å². The molecule has 0 saturated heterocycles. The van der Waals surface area contributed by atoms with Crippen molar-refractivity contribution in [2.75, 3.05) is 5.32 Å². The zero-order valence-corrected chi connectivity index (χ0v) is 9.54. The third kappa shape index (κ3) is 2.41. The van der Waals surface area contributed by atoms with Crippen LogP contribution in [-0.4, -0.2) is 14.8 Å². The maximum atomic E-state index is 13.3. The quantitative estimate of drug-likeness (QED) is 0.889. The van der Waals surface area contributed by atoms with Gasteiger partial charge in [0.25, 0.3) is 0 Å². The first-order valence-corrected chi connectivity index (χ1v) is 5.11. The summed E-state index contributed by atoms with van der Waals surface area (Å²) in [5.41, 5.74) is 0.243. The first-order valence-electron chi connectivity index (χ1n) is 5.11. The second-order valence-corrected chi connectivity index (χ2v) is 3.70. The highest BCUT2D eigenvalue weighted by Gasteiger charge is 2.07. The lowest BCUT2D eigenvalue weighted by atomic mass is 10.3. The molecule has 90 valence electrons. The SMILES string of the molecule is Cc1nnc(CNc2ccc(F)cc2F)n1C. The van der Waals surface area contributed by atoms with Crippen LogP contribution in [0.2, 0.25) is 0 Å². The fraction of sp³-hybridized carbons (Fsp3) is 0.273. The average Bonchev–Trinajstić information content (AvgIpc) is 2.59. The lowest BCUT2D eigenvalue weighted by Crippen LogP contribution is -2.07. The zero-order valence-electron chi connectivity index (χ0n) is 9.54. The molecule has 0 radical (unpaired) electrons. The van der Waals surface area contributed by atoms with Crippen LogP contribution >= 0.6 is 0 Å². The van der Waals surface area contributed by atoms with E-state index in [1.165, 1.54) is 12.1 Å². The Morgan fingerprint density at radius 2 is 2.06 bits per heavy atom. The van der Waals surface area contributed by atoms with E-state index in [-0.39, 0.29) is 5.69 Å². The molecule has 0 bridgehead atoms. The normalized spacial score (nSPS) is 10.6. The summed E-state index contributed by atoms with van der Waals surface area (Å²) in [6.45, 7) is 2.16. The summed E-state index contributed by atoms with van der Waals surface area (Å²) in [6.07, 6.45) is 0. The van der Waals surface area contributed by atoms with Crippen LogP contribution in [0, 0.1) is 18.6 Å². The molecule has 0 aliphatic heterocycles.